The average molecular weight is 427 g/mol. The van der Waals surface area contributed by atoms with Crippen LogP contribution in [0.4, 0.5) is 11.4 Å². The third-order valence-corrected chi connectivity index (χ3v) is 6.75. The molecule has 164 valence electrons. The van der Waals surface area contributed by atoms with Crippen LogP contribution in [0.3, 0.4) is 0 Å². The summed E-state index contributed by atoms with van der Waals surface area (Å²) in [5.74, 6) is 0. The molecular formula is C27H30N4O. The molecule has 5 nitrogen and oxygen atoms in total. The summed E-state index contributed by atoms with van der Waals surface area (Å²) in [6.07, 6.45) is 7.50. The lowest BCUT2D eigenvalue weighted by Gasteiger charge is -2.43. The second kappa shape index (κ2) is 8.67. The average Bonchev–Trinajstić information content (AvgIpc) is 3.36. The molecule has 0 bridgehead atoms. The van der Waals surface area contributed by atoms with E-state index in [1.165, 1.54) is 16.8 Å². The van der Waals surface area contributed by atoms with E-state index in [0.29, 0.717) is 12.1 Å². The van der Waals surface area contributed by atoms with Gasteiger partial charge in [0.05, 0.1) is 19.1 Å². The highest BCUT2D eigenvalue weighted by Gasteiger charge is 2.26. The van der Waals surface area contributed by atoms with Crippen LogP contribution in [0.2, 0.25) is 0 Å². The van der Waals surface area contributed by atoms with Crippen molar-refractivity contribution in [3.63, 3.8) is 0 Å². The van der Waals surface area contributed by atoms with Gasteiger partial charge >= 0.3 is 0 Å². The zero-order valence-corrected chi connectivity index (χ0v) is 19.0. The summed E-state index contributed by atoms with van der Waals surface area (Å²) in [4.78, 5) is 9.48. The molecular weight excluding hydrogens is 396 g/mol. The molecule has 0 unspecified atom stereocenters. The highest BCUT2D eigenvalue weighted by atomic mass is 16.3. The lowest BCUT2D eigenvalue weighted by atomic mass is 9.94. The monoisotopic (exact) mass is 426 g/mol. The van der Waals surface area contributed by atoms with E-state index in [2.05, 4.69) is 89.7 Å². The fourth-order valence-corrected chi connectivity index (χ4v) is 4.56. The molecule has 2 aliphatic heterocycles. The Morgan fingerprint density at radius 2 is 1.78 bits per heavy atom. The number of hydrogen-bond donors (Lipinski definition) is 1. The maximum absolute atomic E-state index is 5.26. The van der Waals surface area contributed by atoms with Crippen molar-refractivity contribution in [1.29, 1.82) is 0 Å². The van der Waals surface area contributed by atoms with E-state index in [1.807, 2.05) is 12.3 Å². The number of likely N-dealkylation sites (N-methyl/N-ethyl adjacent to an activating group) is 1. The van der Waals surface area contributed by atoms with Gasteiger partial charge in [0.1, 0.15) is 0 Å². The van der Waals surface area contributed by atoms with Crippen LogP contribution in [0, 0.1) is 0 Å². The second-order valence-electron chi connectivity index (χ2n) is 8.91. The summed E-state index contributed by atoms with van der Waals surface area (Å²) in [6.45, 7) is 7.43. The molecule has 2 aliphatic rings. The minimum atomic E-state index is 0.555. The molecule has 3 aromatic rings. The van der Waals surface area contributed by atoms with E-state index < -0.39 is 0 Å². The summed E-state index contributed by atoms with van der Waals surface area (Å²) in [6, 6.07) is 18.4. The lowest BCUT2D eigenvalue weighted by molar-refractivity contribution is 0.170. The minimum absolute atomic E-state index is 0.555. The van der Waals surface area contributed by atoms with E-state index in [4.69, 9.17) is 4.42 Å². The predicted molar refractivity (Wildman–Crippen MR) is 133 cm³/mol. The number of piperazine rings is 1. The van der Waals surface area contributed by atoms with Gasteiger partial charge in [0.15, 0.2) is 0 Å². The molecule has 2 aromatic carbocycles. The molecule has 0 spiro atoms. The number of aliphatic imine (C=N–C) groups is 1. The number of allylic oxidation sites excluding steroid dienone is 1. The van der Waals surface area contributed by atoms with Gasteiger partial charge in [0, 0.05) is 60.1 Å². The summed E-state index contributed by atoms with van der Waals surface area (Å²) >= 11 is 0. The van der Waals surface area contributed by atoms with E-state index >= 15 is 0 Å². The van der Waals surface area contributed by atoms with Gasteiger partial charge in [-0.1, -0.05) is 12.1 Å². The van der Waals surface area contributed by atoms with Crippen molar-refractivity contribution in [3.8, 4) is 11.1 Å². The molecule has 32 heavy (non-hydrogen) atoms. The number of hydrogen-bond acceptors (Lipinski definition) is 5. The minimum Gasteiger partial charge on any atom is -0.472 e. The number of furan rings is 1. The highest BCUT2D eigenvalue weighted by molar-refractivity contribution is 6.12. The fraction of sp³-hybridized carbons (Fsp3) is 0.296. The predicted octanol–water partition coefficient (Wildman–Crippen LogP) is 5.51. The summed E-state index contributed by atoms with van der Waals surface area (Å²) in [5, 5.41) is 3.47. The number of nitrogens with one attached hydrogen (secondary N) is 1. The van der Waals surface area contributed by atoms with E-state index in [9.17, 15) is 0 Å². The molecule has 5 rings (SSSR count). The number of rotatable bonds is 4. The standard InChI is InChI=1S/C27H30N4O/c1-19-16-31(17-20(2)30(19)3)26-8-6-25(7-9-26)29-15-24-14-28-13-22-5-4-21(12-27(22)24)23-10-11-32-18-23/h4-12,14-15,18-20,29H,13,16-17H2,1-3H3/b24-15+/t19-,20+. The number of nitrogens with zero attached hydrogens (tertiary/aromatic N) is 3. The van der Waals surface area contributed by atoms with Crippen LogP contribution in [0.25, 0.3) is 16.7 Å². The lowest BCUT2D eigenvalue weighted by Crippen LogP contribution is -2.55. The van der Waals surface area contributed by atoms with Crippen molar-refractivity contribution in [2.45, 2.75) is 32.5 Å². The van der Waals surface area contributed by atoms with Gasteiger partial charge < -0.3 is 14.6 Å². The van der Waals surface area contributed by atoms with Crippen molar-refractivity contribution in [2.24, 2.45) is 4.99 Å². The van der Waals surface area contributed by atoms with Gasteiger partial charge in [-0.2, -0.15) is 0 Å². The molecule has 0 saturated carbocycles. The topological polar surface area (TPSA) is 44.0 Å². The Morgan fingerprint density at radius 1 is 1.00 bits per heavy atom. The Kier molecular flexibility index (Phi) is 5.58. The van der Waals surface area contributed by atoms with Gasteiger partial charge in [-0.15, -0.1) is 0 Å². The smallest absolute Gasteiger partial charge is 0.0980 e. The van der Waals surface area contributed by atoms with Crippen molar-refractivity contribution in [2.75, 3.05) is 30.4 Å². The molecule has 5 heteroatoms. The van der Waals surface area contributed by atoms with Crippen LogP contribution in [0.15, 0.2) is 76.7 Å². The van der Waals surface area contributed by atoms with Crippen LogP contribution >= 0.6 is 0 Å². The third-order valence-electron chi connectivity index (χ3n) is 6.75. The maximum atomic E-state index is 5.26. The maximum Gasteiger partial charge on any atom is 0.0980 e. The Bertz CT molecular complexity index is 1120. The first-order valence-electron chi connectivity index (χ1n) is 11.3. The van der Waals surface area contributed by atoms with Gasteiger partial charge in [-0.05, 0) is 74.0 Å². The molecule has 1 fully saturated rings. The van der Waals surface area contributed by atoms with Gasteiger partial charge in [-0.3, -0.25) is 9.89 Å². The van der Waals surface area contributed by atoms with Crippen LogP contribution in [-0.4, -0.2) is 43.3 Å². The first-order valence-corrected chi connectivity index (χ1v) is 11.3. The van der Waals surface area contributed by atoms with Gasteiger partial charge in [-0.25, -0.2) is 0 Å². The van der Waals surface area contributed by atoms with E-state index in [1.54, 1.807) is 12.5 Å². The zero-order chi connectivity index (χ0) is 22.1. The Balaban J connectivity index is 1.32. The molecule has 1 N–H and O–H groups in total. The van der Waals surface area contributed by atoms with Crippen LogP contribution in [0.5, 0.6) is 0 Å². The van der Waals surface area contributed by atoms with Crippen LogP contribution < -0.4 is 10.2 Å². The second-order valence-corrected chi connectivity index (χ2v) is 8.91. The molecule has 0 aliphatic carbocycles. The summed E-state index contributed by atoms with van der Waals surface area (Å²) < 4.78 is 5.26. The molecule has 3 heterocycles. The highest BCUT2D eigenvalue weighted by Crippen LogP contribution is 2.30. The number of benzene rings is 2. The first kappa shape index (κ1) is 20.6. The Morgan fingerprint density at radius 3 is 2.50 bits per heavy atom. The van der Waals surface area contributed by atoms with Crippen molar-refractivity contribution in [3.05, 3.63) is 78.4 Å². The summed E-state index contributed by atoms with van der Waals surface area (Å²) in [5.41, 5.74) is 8.13. The van der Waals surface area contributed by atoms with E-state index in [-0.39, 0.29) is 0 Å². The number of fused-ring (bicyclic) bond motifs is 1. The van der Waals surface area contributed by atoms with Crippen molar-refractivity contribution in [1.82, 2.24) is 4.90 Å². The zero-order valence-electron chi connectivity index (χ0n) is 19.0. The SMILES string of the molecule is C[C@@H]1CN(c2ccc(N/C=C3\C=NCc4ccc(-c5ccoc5)cc43)cc2)C[C@H](C)N1C. The van der Waals surface area contributed by atoms with Crippen molar-refractivity contribution < 1.29 is 4.42 Å². The molecule has 0 amide bonds. The van der Waals surface area contributed by atoms with Crippen LogP contribution in [0.1, 0.15) is 25.0 Å². The van der Waals surface area contributed by atoms with Crippen LogP contribution in [-0.2, 0) is 6.54 Å². The summed E-state index contributed by atoms with van der Waals surface area (Å²) in [7, 11) is 2.22. The normalized spacial score (nSPS) is 22.2. The molecule has 0 radical (unpaired) electrons. The third kappa shape index (κ3) is 4.08. The Hall–Kier alpha value is -3.31. The van der Waals surface area contributed by atoms with Gasteiger partial charge in [0.2, 0.25) is 0 Å². The quantitative estimate of drug-likeness (QED) is 0.597. The first-order chi connectivity index (χ1) is 15.6. The largest absolute Gasteiger partial charge is 0.472 e. The Labute approximate surface area is 190 Å². The molecule has 2 atom stereocenters. The fourth-order valence-electron chi connectivity index (χ4n) is 4.56. The van der Waals surface area contributed by atoms with Crippen molar-refractivity contribution >= 4 is 23.2 Å². The van der Waals surface area contributed by atoms with Gasteiger partial charge in [0.25, 0.3) is 0 Å². The molecule has 1 aromatic heterocycles. The number of anilines is 2. The van der Waals surface area contributed by atoms with E-state index in [0.717, 1.165) is 42.0 Å². The molecule has 1 saturated heterocycles.